The minimum atomic E-state index is 0.625. The number of rotatable bonds is 0. The van der Waals surface area contributed by atoms with Crippen LogP contribution in [0.3, 0.4) is 0 Å². The summed E-state index contributed by atoms with van der Waals surface area (Å²) < 4.78 is 0. The summed E-state index contributed by atoms with van der Waals surface area (Å²) in [5.74, 6) is 0. The molecule has 11 heavy (non-hydrogen) atoms. The van der Waals surface area contributed by atoms with Crippen LogP contribution in [0.2, 0.25) is 0 Å². The van der Waals surface area contributed by atoms with Crippen LogP contribution in [0.1, 0.15) is 51.4 Å². The van der Waals surface area contributed by atoms with Crippen molar-refractivity contribution < 1.29 is 0 Å². The summed E-state index contributed by atoms with van der Waals surface area (Å²) in [6.07, 6.45) is 11.6. The first-order valence-corrected chi connectivity index (χ1v) is 5.16. The molecule has 0 aromatic rings. The van der Waals surface area contributed by atoms with Crippen LogP contribution in [0.4, 0.5) is 0 Å². The Morgan fingerprint density at radius 1 is 0.727 bits per heavy atom. The van der Waals surface area contributed by atoms with Gasteiger partial charge in [0.05, 0.1) is 0 Å². The van der Waals surface area contributed by atoms with E-state index in [4.69, 9.17) is 0 Å². The highest BCUT2D eigenvalue weighted by Gasteiger charge is 2.35. The normalized spacial score (nSPS) is 30.5. The minimum absolute atomic E-state index is 0.625. The van der Waals surface area contributed by atoms with Crippen LogP contribution >= 0.6 is 0 Å². The molecule has 2 rings (SSSR count). The second kappa shape index (κ2) is 3.14. The lowest BCUT2D eigenvalue weighted by Crippen LogP contribution is -2.51. The highest BCUT2D eigenvalue weighted by molar-refractivity contribution is 4.96. The fraction of sp³-hybridized carbons (Fsp3) is 1.00. The molecule has 1 saturated carbocycles. The quantitative estimate of drug-likeness (QED) is 0.563. The number of hydrogen-bond acceptors (Lipinski definition) is 1. The summed E-state index contributed by atoms with van der Waals surface area (Å²) in [5, 5.41) is 3.73. The van der Waals surface area contributed by atoms with Crippen LogP contribution in [0.5, 0.6) is 0 Å². The van der Waals surface area contributed by atoms with Gasteiger partial charge in [0.1, 0.15) is 0 Å². The maximum absolute atomic E-state index is 3.73. The van der Waals surface area contributed by atoms with Crippen molar-refractivity contribution in [1.29, 1.82) is 0 Å². The summed E-state index contributed by atoms with van der Waals surface area (Å²) in [6.45, 7) is 1.28. The van der Waals surface area contributed by atoms with Gasteiger partial charge in [0.2, 0.25) is 0 Å². The first-order valence-electron chi connectivity index (χ1n) is 5.16. The number of nitrogens with one attached hydrogen (secondary N) is 1. The maximum atomic E-state index is 3.73. The van der Waals surface area contributed by atoms with Crippen LogP contribution in [-0.2, 0) is 0 Å². The Labute approximate surface area is 69.6 Å². The van der Waals surface area contributed by atoms with E-state index >= 15 is 0 Å². The summed E-state index contributed by atoms with van der Waals surface area (Å²) >= 11 is 0. The first kappa shape index (κ1) is 7.60. The van der Waals surface area contributed by atoms with Crippen molar-refractivity contribution in [2.24, 2.45) is 0 Å². The van der Waals surface area contributed by atoms with Crippen molar-refractivity contribution >= 4 is 0 Å². The summed E-state index contributed by atoms with van der Waals surface area (Å²) in [5.41, 5.74) is 0.625. The Morgan fingerprint density at radius 3 is 2.18 bits per heavy atom. The van der Waals surface area contributed by atoms with Gasteiger partial charge in [-0.25, -0.2) is 0 Å². The summed E-state index contributed by atoms with van der Waals surface area (Å²) in [6, 6.07) is 0. The minimum Gasteiger partial charge on any atom is -0.311 e. The van der Waals surface area contributed by atoms with E-state index in [-0.39, 0.29) is 0 Å². The fourth-order valence-corrected chi connectivity index (χ4v) is 2.41. The SMILES string of the molecule is C1CCCC2(CCC2)NCC1. The van der Waals surface area contributed by atoms with Gasteiger partial charge in [-0.1, -0.05) is 19.3 Å². The van der Waals surface area contributed by atoms with Crippen molar-refractivity contribution in [3.8, 4) is 0 Å². The zero-order valence-electron chi connectivity index (χ0n) is 7.36. The maximum Gasteiger partial charge on any atom is 0.0181 e. The second-order valence-electron chi connectivity index (χ2n) is 4.22. The van der Waals surface area contributed by atoms with Crippen molar-refractivity contribution in [3.63, 3.8) is 0 Å². The van der Waals surface area contributed by atoms with Gasteiger partial charge in [-0.3, -0.25) is 0 Å². The van der Waals surface area contributed by atoms with Gasteiger partial charge >= 0.3 is 0 Å². The van der Waals surface area contributed by atoms with E-state index in [0.29, 0.717) is 5.54 Å². The smallest absolute Gasteiger partial charge is 0.0181 e. The Bertz CT molecular complexity index is 117. The molecule has 64 valence electrons. The summed E-state index contributed by atoms with van der Waals surface area (Å²) in [7, 11) is 0. The molecule has 1 heteroatoms. The Balaban J connectivity index is 1.86. The van der Waals surface area contributed by atoms with Gasteiger partial charge in [-0.05, 0) is 38.6 Å². The molecule has 0 amide bonds. The third-order valence-corrected chi connectivity index (χ3v) is 3.39. The standard InChI is InChI=1S/C10H19N/c1-2-4-9-11-10(6-3-1)7-5-8-10/h11H,1-9H2. The van der Waals surface area contributed by atoms with Crippen LogP contribution in [-0.4, -0.2) is 12.1 Å². The topological polar surface area (TPSA) is 12.0 Å². The lowest BCUT2D eigenvalue weighted by atomic mass is 9.72. The van der Waals surface area contributed by atoms with E-state index in [1.807, 2.05) is 0 Å². The molecule has 0 aromatic carbocycles. The van der Waals surface area contributed by atoms with Crippen molar-refractivity contribution in [3.05, 3.63) is 0 Å². The Kier molecular flexibility index (Phi) is 2.17. The molecule has 0 unspecified atom stereocenters. The lowest BCUT2D eigenvalue weighted by Gasteiger charge is -2.44. The van der Waals surface area contributed by atoms with E-state index in [2.05, 4.69) is 5.32 Å². The lowest BCUT2D eigenvalue weighted by molar-refractivity contribution is 0.157. The molecule has 0 bridgehead atoms. The zero-order chi connectivity index (χ0) is 7.57. The molecule has 0 aromatic heterocycles. The van der Waals surface area contributed by atoms with Crippen molar-refractivity contribution in [2.45, 2.75) is 56.9 Å². The zero-order valence-corrected chi connectivity index (χ0v) is 7.36. The van der Waals surface area contributed by atoms with Crippen LogP contribution < -0.4 is 5.32 Å². The molecule has 0 atom stereocenters. The molecule has 1 heterocycles. The van der Waals surface area contributed by atoms with E-state index in [0.717, 1.165) is 0 Å². The van der Waals surface area contributed by atoms with Gasteiger partial charge in [-0.15, -0.1) is 0 Å². The summed E-state index contributed by atoms with van der Waals surface area (Å²) in [4.78, 5) is 0. The van der Waals surface area contributed by atoms with Crippen molar-refractivity contribution in [2.75, 3.05) is 6.54 Å². The Morgan fingerprint density at radius 2 is 1.45 bits per heavy atom. The first-order chi connectivity index (χ1) is 5.41. The monoisotopic (exact) mass is 153 g/mol. The van der Waals surface area contributed by atoms with E-state index < -0.39 is 0 Å². The molecular weight excluding hydrogens is 134 g/mol. The van der Waals surface area contributed by atoms with E-state index in [9.17, 15) is 0 Å². The molecule has 1 spiro atoms. The highest BCUT2D eigenvalue weighted by Crippen LogP contribution is 2.37. The van der Waals surface area contributed by atoms with Gasteiger partial charge in [0.15, 0.2) is 0 Å². The molecule has 1 nitrogen and oxygen atoms in total. The van der Waals surface area contributed by atoms with Gasteiger partial charge in [0.25, 0.3) is 0 Å². The molecule has 2 fully saturated rings. The molecule has 1 N–H and O–H groups in total. The van der Waals surface area contributed by atoms with Crippen LogP contribution in [0.15, 0.2) is 0 Å². The van der Waals surface area contributed by atoms with Gasteiger partial charge in [0, 0.05) is 5.54 Å². The van der Waals surface area contributed by atoms with Gasteiger partial charge < -0.3 is 5.32 Å². The van der Waals surface area contributed by atoms with Crippen molar-refractivity contribution in [1.82, 2.24) is 5.32 Å². The third kappa shape index (κ3) is 1.58. The average molecular weight is 153 g/mol. The molecule has 2 aliphatic rings. The molecule has 0 radical (unpaired) electrons. The average Bonchev–Trinajstić information content (AvgIpc) is 1.82. The van der Waals surface area contributed by atoms with E-state index in [1.165, 1.54) is 57.9 Å². The predicted molar refractivity (Wildman–Crippen MR) is 47.7 cm³/mol. The molecule has 1 aliphatic carbocycles. The van der Waals surface area contributed by atoms with Gasteiger partial charge in [-0.2, -0.15) is 0 Å². The third-order valence-electron chi connectivity index (χ3n) is 3.39. The highest BCUT2D eigenvalue weighted by atomic mass is 15.0. The number of hydrogen-bond donors (Lipinski definition) is 1. The fourth-order valence-electron chi connectivity index (χ4n) is 2.41. The van der Waals surface area contributed by atoms with E-state index in [1.54, 1.807) is 0 Å². The molecular formula is C10H19N. The second-order valence-corrected chi connectivity index (χ2v) is 4.22. The predicted octanol–water partition coefficient (Wildman–Crippen LogP) is 2.46. The molecule has 1 aliphatic heterocycles. The Hall–Kier alpha value is -0.0400. The van der Waals surface area contributed by atoms with Crippen LogP contribution in [0, 0.1) is 0 Å². The van der Waals surface area contributed by atoms with Crippen LogP contribution in [0.25, 0.3) is 0 Å². The largest absolute Gasteiger partial charge is 0.311 e. The molecule has 1 saturated heterocycles.